The van der Waals surface area contributed by atoms with E-state index >= 15 is 0 Å². The summed E-state index contributed by atoms with van der Waals surface area (Å²) in [6.45, 7) is 1.47. The van der Waals surface area contributed by atoms with Gasteiger partial charge in [0.1, 0.15) is 11.2 Å². The molecule has 102 valence electrons. The molecule has 0 N–H and O–H groups in total. The Kier molecular flexibility index (Phi) is 2.50. The van der Waals surface area contributed by atoms with Gasteiger partial charge >= 0.3 is 5.97 Å². The van der Waals surface area contributed by atoms with Crippen molar-refractivity contribution in [2.75, 3.05) is 7.11 Å². The Morgan fingerprint density at radius 3 is 2.74 bits per heavy atom. The van der Waals surface area contributed by atoms with Crippen LogP contribution in [0.1, 0.15) is 39.0 Å². The monoisotopic (exact) mass is 262 g/mol. The maximum absolute atomic E-state index is 12.4. The van der Waals surface area contributed by atoms with Gasteiger partial charge in [0.15, 0.2) is 5.78 Å². The quantitative estimate of drug-likeness (QED) is 0.562. The van der Waals surface area contributed by atoms with E-state index in [4.69, 9.17) is 4.74 Å². The van der Waals surface area contributed by atoms with Gasteiger partial charge in [0.25, 0.3) is 0 Å². The van der Waals surface area contributed by atoms with Crippen LogP contribution in [0.25, 0.3) is 0 Å². The van der Waals surface area contributed by atoms with Gasteiger partial charge in [0.2, 0.25) is 0 Å². The lowest BCUT2D eigenvalue weighted by Gasteiger charge is -2.41. The molecule has 0 aromatic heterocycles. The Morgan fingerprint density at radius 1 is 1.37 bits per heavy atom. The van der Waals surface area contributed by atoms with E-state index < -0.39 is 16.8 Å². The number of methoxy groups -OCH3 is 1. The second-order valence-electron chi connectivity index (χ2n) is 6.01. The van der Waals surface area contributed by atoms with Crippen LogP contribution in [0.4, 0.5) is 0 Å². The van der Waals surface area contributed by atoms with Crippen molar-refractivity contribution < 1.29 is 19.1 Å². The smallest absolute Gasteiger partial charge is 0.320 e. The van der Waals surface area contributed by atoms with Crippen LogP contribution >= 0.6 is 0 Å². The topological polar surface area (TPSA) is 60.4 Å². The first kappa shape index (κ1) is 12.6. The van der Waals surface area contributed by atoms with Gasteiger partial charge in [-0.25, -0.2) is 0 Å². The molecule has 0 aromatic carbocycles. The fourth-order valence-corrected chi connectivity index (χ4v) is 4.91. The molecule has 0 heterocycles. The molecule has 4 nitrogen and oxygen atoms in total. The predicted octanol–water partition coefficient (Wildman–Crippen LogP) is 1.82. The molecule has 0 amide bonds. The fraction of sp³-hybridized carbons (Fsp3) is 0.667. The van der Waals surface area contributed by atoms with Gasteiger partial charge in [-0.3, -0.25) is 14.4 Å². The van der Waals surface area contributed by atoms with E-state index in [0.29, 0.717) is 12.8 Å². The van der Waals surface area contributed by atoms with Crippen LogP contribution in [0, 0.1) is 16.7 Å². The molecule has 4 heteroatoms. The molecular formula is C15H18O4. The van der Waals surface area contributed by atoms with Crippen molar-refractivity contribution in [2.45, 2.75) is 39.0 Å². The van der Waals surface area contributed by atoms with Gasteiger partial charge in [-0.05, 0) is 44.6 Å². The van der Waals surface area contributed by atoms with E-state index in [1.54, 1.807) is 6.08 Å². The third-order valence-corrected chi connectivity index (χ3v) is 5.58. The minimum absolute atomic E-state index is 0.0520. The Hall–Kier alpha value is -1.45. The Labute approximate surface area is 112 Å². The number of Topliss-reactive ketones (excluding diaryl/α,β-unsaturated/α-hetero) is 1. The van der Waals surface area contributed by atoms with Gasteiger partial charge < -0.3 is 4.74 Å². The maximum Gasteiger partial charge on any atom is 0.320 e. The van der Waals surface area contributed by atoms with Crippen molar-refractivity contribution in [1.29, 1.82) is 0 Å². The molecule has 1 spiro atoms. The highest BCUT2D eigenvalue weighted by Gasteiger charge is 2.71. The number of hydrogen-bond donors (Lipinski definition) is 0. The number of esters is 1. The largest absolute Gasteiger partial charge is 0.468 e. The summed E-state index contributed by atoms with van der Waals surface area (Å²) in [6, 6.07) is 0. The second-order valence-corrected chi connectivity index (χ2v) is 6.01. The number of hydrogen-bond acceptors (Lipinski definition) is 4. The first-order chi connectivity index (χ1) is 8.99. The van der Waals surface area contributed by atoms with Crippen molar-refractivity contribution >= 4 is 17.5 Å². The minimum Gasteiger partial charge on any atom is -0.468 e. The third-order valence-electron chi connectivity index (χ3n) is 5.58. The zero-order valence-corrected chi connectivity index (χ0v) is 11.3. The summed E-state index contributed by atoms with van der Waals surface area (Å²) in [5.74, 6) is -0.279. The van der Waals surface area contributed by atoms with Crippen LogP contribution in [-0.4, -0.2) is 24.6 Å². The molecule has 3 aliphatic rings. The van der Waals surface area contributed by atoms with Crippen molar-refractivity contribution in [3.63, 3.8) is 0 Å². The van der Waals surface area contributed by atoms with Gasteiger partial charge in [-0.1, -0.05) is 5.57 Å². The standard InChI is InChI=1S/C15H18O4/c1-9(16)14(13(18)19-2)6-5-10-3-4-11-7-12(17)8-15(10,11)14/h7,10H,3-6,8H2,1-2H3. The lowest BCUT2D eigenvalue weighted by atomic mass is 9.59. The molecule has 0 aliphatic heterocycles. The van der Waals surface area contributed by atoms with Crippen LogP contribution in [0.3, 0.4) is 0 Å². The Morgan fingerprint density at radius 2 is 2.11 bits per heavy atom. The highest BCUT2D eigenvalue weighted by molar-refractivity contribution is 6.07. The molecule has 19 heavy (non-hydrogen) atoms. The van der Waals surface area contributed by atoms with Crippen LogP contribution in [0.5, 0.6) is 0 Å². The maximum atomic E-state index is 12.4. The average Bonchev–Trinajstić information content (AvgIpc) is 2.94. The first-order valence-corrected chi connectivity index (χ1v) is 6.82. The molecule has 3 rings (SSSR count). The van der Waals surface area contributed by atoms with Gasteiger partial charge in [0.05, 0.1) is 7.11 Å². The molecule has 3 atom stereocenters. The van der Waals surface area contributed by atoms with E-state index in [1.165, 1.54) is 14.0 Å². The number of ether oxygens (including phenoxy) is 1. The van der Waals surface area contributed by atoms with E-state index in [-0.39, 0.29) is 17.5 Å². The zero-order valence-electron chi connectivity index (χ0n) is 11.3. The van der Waals surface area contributed by atoms with Gasteiger partial charge in [0, 0.05) is 11.8 Å². The van der Waals surface area contributed by atoms with Crippen molar-refractivity contribution in [3.05, 3.63) is 11.6 Å². The summed E-state index contributed by atoms with van der Waals surface area (Å²) in [5.41, 5.74) is -0.676. The highest BCUT2D eigenvalue weighted by Crippen LogP contribution is 2.70. The second kappa shape index (κ2) is 3.78. The Bertz CT molecular complexity index is 518. The van der Waals surface area contributed by atoms with Crippen molar-refractivity contribution in [2.24, 2.45) is 16.7 Å². The number of carbonyl (C=O) groups is 3. The molecule has 0 radical (unpaired) electrons. The summed E-state index contributed by atoms with van der Waals surface area (Å²) in [4.78, 5) is 36.6. The number of ketones is 2. The first-order valence-electron chi connectivity index (χ1n) is 6.82. The predicted molar refractivity (Wildman–Crippen MR) is 67.2 cm³/mol. The van der Waals surface area contributed by atoms with Crippen molar-refractivity contribution in [1.82, 2.24) is 0 Å². The molecule has 2 fully saturated rings. The summed E-state index contributed by atoms with van der Waals surface area (Å²) >= 11 is 0. The van der Waals surface area contributed by atoms with E-state index in [9.17, 15) is 14.4 Å². The van der Waals surface area contributed by atoms with Gasteiger partial charge in [-0.2, -0.15) is 0 Å². The zero-order chi connectivity index (χ0) is 13.8. The number of rotatable bonds is 2. The lowest BCUT2D eigenvalue weighted by Crippen LogP contribution is -2.50. The summed E-state index contributed by atoms with van der Waals surface area (Å²) in [5, 5.41) is 0. The summed E-state index contributed by atoms with van der Waals surface area (Å²) in [6.07, 6.45) is 5.14. The Balaban J connectivity index is 2.21. The van der Waals surface area contributed by atoms with Crippen LogP contribution < -0.4 is 0 Å². The molecule has 3 aliphatic carbocycles. The summed E-state index contributed by atoms with van der Waals surface area (Å²) in [7, 11) is 1.33. The SMILES string of the molecule is COC(=O)C1(C(C)=O)CCC2CCC3=CC(=O)CC321. The van der Waals surface area contributed by atoms with E-state index in [2.05, 4.69) is 0 Å². The fourth-order valence-electron chi connectivity index (χ4n) is 4.91. The minimum atomic E-state index is -1.12. The van der Waals surface area contributed by atoms with E-state index in [0.717, 1.165) is 24.8 Å². The molecule has 0 bridgehead atoms. The molecule has 0 aromatic rings. The third kappa shape index (κ3) is 1.22. The lowest BCUT2D eigenvalue weighted by molar-refractivity contribution is -0.164. The number of carbonyl (C=O) groups excluding carboxylic acids is 3. The molecule has 3 unspecified atom stereocenters. The van der Waals surface area contributed by atoms with E-state index in [1.807, 2.05) is 0 Å². The average molecular weight is 262 g/mol. The molecule has 0 saturated heterocycles. The number of allylic oxidation sites excluding steroid dienone is 2. The van der Waals surface area contributed by atoms with Crippen LogP contribution in [-0.2, 0) is 19.1 Å². The normalized spacial score (nSPS) is 39.8. The van der Waals surface area contributed by atoms with Crippen LogP contribution in [0.15, 0.2) is 11.6 Å². The van der Waals surface area contributed by atoms with Gasteiger partial charge in [-0.15, -0.1) is 0 Å². The highest BCUT2D eigenvalue weighted by atomic mass is 16.5. The van der Waals surface area contributed by atoms with Crippen LogP contribution in [0.2, 0.25) is 0 Å². The van der Waals surface area contributed by atoms with Crippen molar-refractivity contribution in [3.8, 4) is 0 Å². The summed E-state index contributed by atoms with van der Waals surface area (Å²) < 4.78 is 4.95. The molecule has 2 saturated carbocycles. The molecular weight excluding hydrogens is 244 g/mol.